The molecule has 5 nitrogen and oxygen atoms in total. The summed E-state index contributed by atoms with van der Waals surface area (Å²) in [5.41, 5.74) is 2.32. The van der Waals surface area contributed by atoms with Crippen LogP contribution in [0.2, 0.25) is 0 Å². The van der Waals surface area contributed by atoms with Crippen molar-refractivity contribution in [3.8, 4) is 0 Å². The van der Waals surface area contributed by atoms with Gasteiger partial charge in [0, 0.05) is 36.0 Å². The first-order valence-corrected chi connectivity index (χ1v) is 8.60. The topological polar surface area (TPSA) is 61.0 Å². The number of H-pyrrole nitrogens is 1. The number of aromatic amines is 1. The Morgan fingerprint density at radius 1 is 1.55 bits per heavy atom. The molecule has 1 fully saturated rings. The molecule has 0 aliphatic heterocycles. The summed E-state index contributed by atoms with van der Waals surface area (Å²) in [6, 6.07) is 6.19. The van der Waals surface area contributed by atoms with E-state index in [0.717, 1.165) is 18.8 Å². The van der Waals surface area contributed by atoms with Gasteiger partial charge in [0.1, 0.15) is 0 Å². The number of aromatic nitrogens is 2. The van der Waals surface area contributed by atoms with Crippen LogP contribution in [0.15, 0.2) is 23.6 Å². The SMILES string of the molecule is CN(CCC(=O)NCc1cccs1)Cc1cc(C2CC2)n[nH]1. The second-order valence-corrected chi connectivity index (χ2v) is 6.97. The highest BCUT2D eigenvalue weighted by Gasteiger charge is 2.26. The molecule has 0 unspecified atom stereocenters. The first-order chi connectivity index (χ1) is 10.7. The average Bonchev–Trinajstić information content (AvgIpc) is 3.03. The molecule has 0 aromatic carbocycles. The molecule has 2 aromatic heterocycles. The van der Waals surface area contributed by atoms with Crippen molar-refractivity contribution in [2.75, 3.05) is 13.6 Å². The monoisotopic (exact) mass is 318 g/mol. The zero-order chi connectivity index (χ0) is 15.4. The second-order valence-electron chi connectivity index (χ2n) is 5.94. The molecule has 0 spiro atoms. The van der Waals surface area contributed by atoms with Crippen LogP contribution < -0.4 is 5.32 Å². The van der Waals surface area contributed by atoms with E-state index in [9.17, 15) is 4.79 Å². The maximum Gasteiger partial charge on any atom is 0.221 e. The summed E-state index contributed by atoms with van der Waals surface area (Å²) in [6.07, 6.45) is 3.06. The molecule has 3 rings (SSSR count). The number of nitrogens with one attached hydrogen (secondary N) is 2. The van der Waals surface area contributed by atoms with Crippen LogP contribution in [0.25, 0.3) is 0 Å². The molecule has 22 heavy (non-hydrogen) atoms. The third-order valence-corrected chi connectivity index (χ3v) is 4.72. The third-order valence-electron chi connectivity index (χ3n) is 3.85. The lowest BCUT2D eigenvalue weighted by Gasteiger charge is -2.15. The predicted octanol–water partition coefficient (Wildman–Crippen LogP) is 2.49. The van der Waals surface area contributed by atoms with Gasteiger partial charge in [0.05, 0.1) is 12.2 Å². The van der Waals surface area contributed by atoms with E-state index in [1.165, 1.54) is 23.4 Å². The first kappa shape index (κ1) is 15.2. The van der Waals surface area contributed by atoms with Crippen molar-refractivity contribution in [1.29, 1.82) is 0 Å². The maximum atomic E-state index is 11.8. The summed E-state index contributed by atoms with van der Waals surface area (Å²) < 4.78 is 0. The van der Waals surface area contributed by atoms with Crippen LogP contribution in [0.3, 0.4) is 0 Å². The summed E-state index contributed by atoms with van der Waals surface area (Å²) in [4.78, 5) is 15.2. The Morgan fingerprint density at radius 2 is 2.41 bits per heavy atom. The molecule has 2 aromatic rings. The molecular formula is C16H22N4OS. The Kier molecular flexibility index (Phi) is 4.90. The van der Waals surface area contributed by atoms with Crippen LogP contribution in [0.4, 0.5) is 0 Å². The van der Waals surface area contributed by atoms with Gasteiger partial charge in [-0.05, 0) is 37.4 Å². The first-order valence-electron chi connectivity index (χ1n) is 7.72. The number of thiophene rings is 1. The summed E-state index contributed by atoms with van der Waals surface area (Å²) in [6.45, 7) is 2.18. The zero-order valence-corrected chi connectivity index (χ0v) is 13.7. The summed E-state index contributed by atoms with van der Waals surface area (Å²) in [7, 11) is 2.03. The van der Waals surface area contributed by atoms with Gasteiger partial charge in [-0.25, -0.2) is 0 Å². The minimum Gasteiger partial charge on any atom is -0.351 e. The van der Waals surface area contributed by atoms with Crippen LogP contribution in [0.5, 0.6) is 0 Å². The van der Waals surface area contributed by atoms with Crippen LogP contribution in [0.1, 0.15) is 41.4 Å². The molecule has 0 bridgehead atoms. The molecule has 118 valence electrons. The molecule has 0 saturated heterocycles. The van der Waals surface area contributed by atoms with Gasteiger partial charge in [-0.1, -0.05) is 6.07 Å². The fourth-order valence-electron chi connectivity index (χ4n) is 2.40. The zero-order valence-electron chi connectivity index (χ0n) is 12.8. The van der Waals surface area contributed by atoms with Gasteiger partial charge in [-0.2, -0.15) is 5.10 Å². The van der Waals surface area contributed by atoms with E-state index in [-0.39, 0.29) is 5.91 Å². The molecule has 1 aliphatic carbocycles. The molecule has 2 N–H and O–H groups in total. The Labute approximate surface area is 134 Å². The lowest BCUT2D eigenvalue weighted by molar-refractivity contribution is -0.121. The molecular weight excluding hydrogens is 296 g/mol. The number of carbonyl (C=O) groups is 1. The van der Waals surface area contributed by atoms with Gasteiger partial charge < -0.3 is 10.2 Å². The fraction of sp³-hybridized carbons (Fsp3) is 0.500. The average molecular weight is 318 g/mol. The van der Waals surface area contributed by atoms with E-state index in [0.29, 0.717) is 18.9 Å². The van der Waals surface area contributed by atoms with Crippen LogP contribution in [0, 0.1) is 0 Å². The van der Waals surface area contributed by atoms with Gasteiger partial charge in [0.2, 0.25) is 5.91 Å². The van der Waals surface area contributed by atoms with E-state index in [2.05, 4.69) is 26.5 Å². The summed E-state index contributed by atoms with van der Waals surface area (Å²) >= 11 is 1.66. The van der Waals surface area contributed by atoms with E-state index < -0.39 is 0 Å². The van der Waals surface area contributed by atoms with Crippen LogP contribution >= 0.6 is 11.3 Å². The molecule has 6 heteroatoms. The van der Waals surface area contributed by atoms with Crippen molar-refractivity contribution in [2.45, 2.75) is 38.3 Å². The number of carbonyl (C=O) groups excluding carboxylic acids is 1. The van der Waals surface area contributed by atoms with E-state index in [1.54, 1.807) is 11.3 Å². The number of hydrogen-bond acceptors (Lipinski definition) is 4. The number of rotatable bonds is 8. The maximum absolute atomic E-state index is 11.8. The third kappa shape index (κ3) is 4.42. The highest BCUT2D eigenvalue weighted by atomic mass is 32.1. The summed E-state index contributed by atoms with van der Waals surface area (Å²) in [5.74, 6) is 0.780. The number of amides is 1. The Bertz CT molecular complexity index is 603. The van der Waals surface area contributed by atoms with Crippen molar-refractivity contribution >= 4 is 17.2 Å². The molecule has 2 heterocycles. The lowest BCUT2D eigenvalue weighted by atomic mass is 10.2. The van der Waals surface area contributed by atoms with E-state index >= 15 is 0 Å². The second kappa shape index (κ2) is 7.07. The van der Waals surface area contributed by atoms with Crippen LogP contribution in [-0.2, 0) is 17.9 Å². The smallest absolute Gasteiger partial charge is 0.221 e. The van der Waals surface area contributed by atoms with Gasteiger partial charge in [-0.15, -0.1) is 11.3 Å². The quantitative estimate of drug-likeness (QED) is 0.786. The number of nitrogens with zero attached hydrogens (tertiary/aromatic N) is 2. The van der Waals surface area contributed by atoms with Gasteiger partial charge >= 0.3 is 0 Å². The highest BCUT2D eigenvalue weighted by molar-refractivity contribution is 7.09. The fourth-order valence-corrected chi connectivity index (χ4v) is 3.04. The molecule has 0 radical (unpaired) electrons. The Morgan fingerprint density at radius 3 is 3.14 bits per heavy atom. The standard InChI is InChI=1S/C16H22N4OS/c1-20(11-13-9-15(19-18-13)12-4-5-12)7-6-16(21)17-10-14-3-2-8-22-14/h2-3,8-9,12H,4-7,10-11H2,1H3,(H,17,21)(H,18,19). The van der Waals surface area contributed by atoms with E-state index in [1.807, 2.05) is 24.6 Å². The highest BCUT2D eigenvalue weighted by Crippen LogP contribution is 2.39. The van der Waals surface area contributed by atoms with Gasteiger partial charge in [-0.3, -0.25) is 9.89 Å². The molecule has 0 atom stereocenters. The van der Waals surface area contributed by atoms with Crippen molar-refractivity contribution in [3.63, 3.8) is 0 Å². The Hall–Kier alpha value is -1.66. The van der Waals surface area contributed by atoms with Gasteiger partial charge in [0.15, 0.2) is 0 Å². The summed E-state index contributed by atoms with van der Waals surface area (Å²) in [5, 5.41) is 12.4. The predicted molar refractivity (Wildman–Crippen MR) is 87.7 cm³/mol. The van der Waals surface area contributed by atoms with Crippen molar-refractivity contribution in [2.24, 2.45) is 0 Å². The normalized spacial score (nSPS) is 14.5. The van der Waals surface area contributed by atoms with Gasteiger partial charge in [0.25, 0.3) is 0 Å². The van der Waals surface area contributed by atoms with Crippen molar-refractivity contribution < 1.29 is 4.79 Å². The van der Waals surface area contributed by atoms with Crippen molar-refractivity contribution in [1.82, 2.24) is 20.4 Å². The van der Waals surface area contributed by atoms with Crippen LogP contribution in [-0.4, -0.2) is 34.6 Å². The van der Waals surface area contributed by atoms with Crippen molar-refractivity contribution in [3.05, 3.63) is 39.8 Å². The molecule has 1 aliphatic rings. The minimum atomic E-state index is 0.100. The minimum absolute atomic E-state index is 0.100. The molecule has 1 saturated carbocycles. The molecule has 1 amide bonds. The Balaban J connectivity index is 1.35. The lowest BCUT2D eigenvalue weighted by Crippen LogP contribution is -2.28. The number of hydrogen-bond donors (Lipinski definition) is 2. The van der Waals surface area contributed by atoms with E-state index in [4.69, 9.17) is 0 Å². The largest absolute Gasteiger partial charge is 0.351 e.